The Morgan fingerprint density at radius 3 is 2.54 bits per heavy atom. The van der Waals surface area contributed by atoms with Crippen molar-refractivity contribution in [1.29, 1.82) is 0 Å². The van der Waals surface area contributed by atoms with Crippen molar-refractivity contribution in [3.05, 3.63) is 41.7 Å². The number of ether oxygens (including phenoxy) is 1. The van der Waals surface area contributed by atoms with Crippen molar-refractivity contribution in [3.63, 3.8) is 0 Å². The summed E-state index contributed by atoms with van der Waals surface area (Å²) in [6.45, 7) is 5.98. The van der Waals surface area contributed by atoms with Gasteiger partial charge in [0.05, 0.1) is 12.8 Å². The molecule has 0 radical (unpaired) electrons. The Morgan fingerprint density at radius 1 is 1.33 bits per heavy atom. The highest BCUT2D eigenvalue weighted by Crippen LogP contribution is 2.17. The summed E-state index contributed by atoms with van der Waals surface area (Å²) in [6.07, 6.45) is 0.529. The number of carbonyl (C=O) groups is 1. The Labute approximate surface area is 142 Å². The zero-order chi connectivity index (χ0) is 17.7. The first-order valence-corrected chi connectivity index (χ1v) is 8.09. The van der Waals surface area contributed by atoms with Crippen LogP contribution in [0.25, 0.3) is 5.69 Å². The van der Waals surface area contributed by atoms with Crippen molar-refractivity contribution < 1.29 is 14.6 Å². The van der Waals surface area contributed by atoms with Crippen LogP contribution in [0.15, 0.2) is 30.3 Å². The van der Waals surface area contributed by atoms with Gasteiger partial charge in [0.1, 0.15) is 5.75 Å². The number of aliphatic hydroxyl groups is 1. The molecule has 2 N–H and O–H groups in total. The lowest BCUT2D eigenvalue weighted by Gasteiger charge is -2.20. The number of nitrogens with one attached hydrogen (secondary N) is 1. The molecule has 0 fully saturated rings. The van der Waals surface area contributed by atoms with E-state index in [2.05, 4.69) is 10.4 Å². The van der Waals surface area contributed by atoms with Gasteiger partial charge in [0.25, 0.3) is 5.91 Å². The number of aromatic nitrogens is 2. The number of methoxy groups -OCH3 is 1. The van der Waals surface area contributed by atoms with Crippen molar-refractivity contribution in [1.82, 2.24) is 15.1 Å². The number of benzene rings is 1. The molecule has 2 rings (SSSR count). The summed E-state index contributed by atoms with van der Waals surface area (Å²) in [5.74, 6) is 0.786. The molecule has 1 unspecified atom stereocenters. The van der Waals surface area contributed by atoms with Crippen molar-refractivity contribution in [2.75, 3.05) is 13.7 Å². The quantitative estimate of drug-likeness (QED) is 0.816. The zero-order valence-electron chi connectivity index (χ0n) is 14.6. The average Bonchev–Trinajstić information content (AvgIpc) is 2.96. The highest BCUT2D eigenvalue weighted by Gasteiger charge is 2.19. The fraction of sp³-hybridized carbons (Fsp3) is 0.444. The van der Waals surface area contributed by atoms with Crippen molar-refractivity contribution >= 4 is 5.91 Å². The fourth-order valence-electron chi connectivity index (χ4n) is 2.52. The van der Waals surface area contributed by atoms with Crippen LogP contribution in [0.3, 0.4) is 0 Å². The lowest BCUT2D eigenvalue weighted by atomic mass is 10.0. The van der Waals surface area contributed by atoms with Crippen LogP contribution in [0.4, 0.5) is 0 Å². The number of nitrogens with zero attached hydrogens (tertiary/aromatic N) is 2. The first-order chi connectivity index (χ1) is 11.5. The van der Waals surface area contributed by atoms with Gasteiger partial charge >= 0.3 is 0 Å². The van der Waals surface area contributed by atoms with E-state index in [9.17, 15) is 4.79 Å². The number of hydrogen-bond acceptors (Lipinski definition) is 4. The van der Waals surface area contributed by atoms with Crippen LogP contribution in [-0.2, 0) is 0 Å². The van der Waals surface area contributed by atoms with Crippen LogP contribution in [-0.4, -0.2) is 40.6 Å². The minimum atomic E-state index is -0.225. The highest BCUT2D eigenvalue weighted by molar-refractivity contribution is 5.92. The maximum Gasteiger partial charge on any atom is 0.272 e. The Morgan fingerprint density at radius 2 is 2.00 bits per heavy atom. The van der Waals surface area contributed by atoms with Crippen LogP contribution in [0, 0.1) is 12.8 Å². The Kier molecular flexibility index (Phi) is 5.98. The Bertz CT molecular complexity index is 677. The molecule has 1 amide bonds. The topological polar surface area (TPSA) is 76.4 Å². The van der Waals surface area contributed by atoms with E-state index in [1.165, 1.54) is 0 Å². The SMILES string of the molecule is COc1ccc(-n2nc(C(=O)NC(CCO)C(C)C)cc2C)cc1. The van der Waals surface area contributed by atoms with E-state index < -0.39 is 0 Å². The van der Waals surface area contributed by atoms with Gasteiger partial charge in [-0.1, -0.05) is 13.8 Å². The molecule has 0 spiro atoms. The third kappa shape index (κ3) is 4.14. The third-order valence-electron chi connectivity index (χ3n) is 4.00. The van der Waals surface area contributed by atoms with Gasteiger partial charge in [-0.25, -0.2) is 4.68 Å². The van der Waals surface area contributed by atoms with E-state index in [0.29, 0.717) is 12.1 Å². The smallest absolute Gasteiger partial charge is 0.272 e. The van der Waals surface area contributed by atoms with Gasteiger partial charge in [0.15, 0.2) is 5.69 Å². The van der Waals surface area contributed by atoms with Gasteiger partial charge in [-0.2, -0.15) is 5.10 Å². The summed E-state index contributed by atoms with van der Waals surface area (Å²) in [7, 11) is 1.62. The second-order valence-corrected chi connectivity index (χ2v) is 6.12. The van der Waals surface area contributed by atoms with Gasteiger partial charge in [-0.3, -0.25) is 4.79 Å². The van der Waals surface area contributed by atoms with Gasteiger partial charge in [-0.15, -0.1) is 0 Å². The average molecular weight is 331 g/mol. The zero-order valence-corrected chi connectivity index (χ0v) is 14.6. The molecule has 0 saturated carbocycles. The predicted molar refractivity (Wildman–Crippen MR) is 92.6 cm³/mol. The van der Waals surface area contributed by atoms with Crippen LogP contribution < -0.4 is 10.1 Å². The largest absolute Gasteiger partial charge is 0.497 e. The normalized spacial score (nSPS) is 12.2. The molecule has 0 aliphatic rings. The van der Waals surface area contributed by atoms with E-state index in [4.69, 9.17) is 9.84 Å². The molecular formula is C18H25N3O3. The van der Waals surface area contributed by atoms with E-state index in [0.717, 1.165) is 17.1 Å². The Balaban J connectivity index is 2.19. The molecule has 130 valence electrons. The minimum Gasteiger partial charge on any atom is -0.497 e. The van der Waals surface area contributed by atoms with Gasteiger partial charge in [-0.05, 0) is 49.6 Å². The number of rotatable bonds is 7. The van der Waals surface area contributed by atoms with Gasteiger partial charge in [0, 0.05) is 18.3 Å². The molecule has 0 aliphatic heterocycles. The van der Waals surface area contributed by atoms with Crippen molar-refractivity contribution in [3.8, 4) is 11.4 Å². The minimum absolute atomic E-state index is 0.0441. The molecule has 1 aromatic heterocycles. The molecule has 6 nitrogen and oxygen atoms in total. The summed E-state index contributed by atoms with van der Waals surface area (Å²) in [5, 5.41) is 16.5. The van der Waals surface area contributed by atoms with Crippen LogP contribution in [0.5, 0.6) is 5.75 Å². The first-order valence-electron chi connectivity index (χ1n) is 8.09. The molecule has 2 aromatic rings. The maximum atomic E-state index is 12.4. The van der Waals surface area contributed by atoms with E-state index >= 15 is 0 Å². The summed E-state index contributed by atoms with van der Waals surface area (Å²) in [6, 6.07) is 9.18. The fourth-order valence-corrected chi connectivity index (χ4v) is 2.52. The number of aliphatic hydroxyl groups excluding tert-OH is 1. The molecule has 0 saturated heterocycles. The van der Waals surface area contributed by atoms with Crippen molar-refractivity contribution in [2.24, 2.45) is 5.92 Å². The standard InChI is InChI=1S/C18H25N3O3/c1-12(2)16(9-10-22)19-18(23)17-11-13(3)21(20-17)14-5-7-15(24-4)8-6-14/h5-8,11-12,16,22H,9-10H2,1-4H3,(H,19,23). The van der Waals surface area contributed by atoms with E-state index in [1.807, 2.05) is 45.0 Å². The third-order valence-corrected chi connectivity index (χ3v) is 4.00. The van der Waals surface area contributed by atoms with Crippen LogP contribution in [0.1, 0.15) is 36.5 Å². The first kappa shape index (κ1) is 18.0. The molecule has 1 aromatic carbocycles. The number of hydrogen-bond donors (Lipinski definition) is 2. The van der Waals surface area contributed by atoms with Crippen LogP contribution >= 0.6 is 0 Å². The molecule has 6 heteroatoms. The number of amides is 1. The second kappa shape index (κ2) is 7.97. The summed E-state index contributed by atoms with van der Waals surface area (Å²) in [5.41, 5.74) is 2.10. The Hall–Kier alpha value is -2.34. The maximum absolute atomic E-state index is 12.4. The summed E-state index contributed by atoms with van der Waals surface area (Å²) < 4.78 is 6.88. The molecule has 0 aliphatic carbocycles. The number of carbonyl (C=O) groups excluding carboxylic acids is 1. The molecule has 0 bridgehead atoms. The number of aryl methyl sites for hydroxylation is 1. The summed E-state index contributed by atoms with van der Waals surface area (Å²) in [4.78, 5) is 12.4. The molecule has 24 heavy (non-hydrogen) atoms. The van der Waals surface area contributed by atoms with Crippen molar-refractivity contribution in [2.45, 2.75) is 33.2 Å². The van der Waals surface area contributed by atoms with Crippen LogP contribution in [0.2, 0.25) is 0 Å². The lowest BCUT2D eigenvalue weighted by Crippen LogP contribution is -2.39. The molecule has 1 heterocycles. The van der Waals surface area contributed by atoms with Gasteiger partial charge in [0.2, 0.25) is 0 Å². The lowest BCUT2D eigenvalue weighted by molar-refractivity contribution is 0.0911. The van der Waals surface area contributed by atoms with E-state index in [-0.39, 0.29) is 24.5 Å². The predicted octanol–water partition coefficient (Wildman–Crippen LogP) is 2.33. The summed E-state index contributed by atoms with van der Waals surface area (Å²) >= 11 is 0. The van der Waals surface area contributed by atoms with Gasteiger partial charge < -0.3 is 15.2 Å². The molecule has 1 atom stereocenters. The monoisotopic (exact) mass is 331 g/mol. The second-order valence-electron chi connectivity index (χ2n) is 6.12. The molecular weight excluding hydrogens is 306 g/mol. The highest BCUT2D eigenvalue weighted by atomic mass is 16.5. The van der Waals surface area contributed by atoms with E-state index in [1.54, 1.807) is 17.9 Å².